The minimum Gasteiger partial charge on any atom is -0.262 e. The molecular formula is C11H11F3N4O2S. The van der Waals surface area contributed by atoms with E-state index in [4.69, 9.17) is 0 Å². The number of aryl methyl sites for hydroxylation is 1. The van der Waals surface area contributed by atoms with Crippen molar-refractivity contribution in [2.45, 2.75) is 30.4 Å². The first kappa shape index (κ1) is 15.4. The number of rotatable bonds is 4. The summed E-state index contributed by atoms with van der Waals surface area (Å²) in [6.07, 6.45) is -4.16. The Labute approximate surface area is 118 Å². The van der Waals surface area contributed by atoms with Crippen LogP contribution < -0.4 is 0 Å². The van der Waals surface area contributed by atoms with Gasteiger partial charge in [-0.2, -0.15) is 13.2 Å². The van der Waals surface area contributed by atoms with Gasteiger partial charge in [-0.1, -0.05) is 13.0 Å². The van der Waals surface area contributed by atoms with Gasteiger partial charge in [0, 0.05) is 6.42 Å². The second kappa shape index (κ2) is 5.43. The Hall–Kier alpha value is -1.97. The topological polar surface area (TPSA) is 88.6 Å². The Morgan fingerprint density at radius 2 is 1.95 bits per heavy atom. The van der Waals surface area contributed by atoms with E-state index in [1.807, 2.05) is 0 Å². The molecule has 2 heterocycles. The van der Waals surface area contributed by atoms with Crippen LogP contribution in [0.15, 0.2) is 23.4 Å². The van der Waals surface area contributed by atoms with Crippen molar-refractivity contribution in [3.8, 4) is 0 Å². The standard InChI is InChI=1S/C11H11F3N4O2S/c1-2-9-16-10(18-17-9)21(19,20)6-7-4-3-5-8(15-7)11(12,13)14/h3-5H,2,6H2,1H3,(H,16,17,18). The van der Waals surface area contributed by atoms with Gasteiger partial charge >= 0.3 is 6.18 Å². The molecule has 0 saturated carbocycles. The molecule has 0 radical (unpaired) electrons. The molecule has 0 aliphatic rings. The molecule has 0 fully saturated rings. The zero-order valence-electron chi connectivity index (χ0n) is 10.8. The second-order valence-electron chi connectivity index (χ2n) is 4.19. The van der Waals surface area contributed by atoms with Crippen molar-refractivity contribution in [2.75, 3.05) is 0 Å². The van der Waals surface area contributed by atoms with Crippen molar-refractivity contribution in [1.29, 1.82) is 0 Å². The average Bonchev–Trinajstić information content (AvgIpc) is 2.87. The first-order valence-electron chi connectivity index (χ1n) is 5.89. The van der Waals surface area contributed by atoms with Crippen LogP contribution in [0.1, 0.15) is 24.1 Å². The van der Waals surface area contributed by atoms with Gasteiger partial charge < -0.3 is 0 Å². The maximum absolute atomic E-state index is 12.5. The van der Waals surface area contributed by atoms with Crippen LogP contribution in [0.2, 0.25) is 0 Å². The van der Waals surface area contributed by atoms with E-state index < -0.39 is 32.6 Å². The van der Waals surface area contributed by atoms with Gasteiger partial charge in [-0.3, -0.25) is 5.10 Å². The van der Waals surface area contributed by atoms with Gasteiger partial charge in [0.25, 0.3) is 5.16 Å². The van der Waals surface area contributed by atoms with Gasteiger partial charge in [0.1, 0.15) is 17.3 Å². The number of halogens is 3. The molecule has 0 aliphatic heterocycles. The van der Waals surface area contributed by atoms with Gasteiger partial charge in [0.2, 0.25) is 9.84 Å². The van der Waals surface area contributed by atoms with E-state index in [1.54, 1.807) is 6.92 Å². The molecule has 2 aromatic heterocycles. The third-order valence-electron chi connectivity index (χ3n) is 2.56. The lowest BCUT2D eigenvalue weighted by Crippen LogP contribution is -2.12. The zero-order chi connectivity index (χ0) is 15.7. The first-order chi connectivity index (χ1) is 9.72. The molecule has 2 aromatic rings. The molecule has 1 N–H and O–H groups in total. The van der Waals surface area contributed by atoms with E-state index in [2.05, 4.69) is 20.2 Å². The molecule has 0 aromatic carbocycles. The summed E-state index contributed by atoms with van der Waals surface area (Å²) in [5, 5.41) is 5.55. The first-order valence-corrected chi connectivity index (χ1v) is 7.55. The normalized spacial score (nSPS) is 12.6. The van der Waals surface area contributed by atoms with Gasteiger partial charge in [-0.05, 0) is 12.1 Å². The van der Waals surface area contributed by atoms with Crippen LogP contribution in [0.4, 0.5) is 13.2 Å². The summed E-state index contributed by atoms with van der Waals surface area (Å²) in [4.78, 5) is 7.07. The number of pyridine rings is 1. The molecule has 21 heavy (non-hydrogen) atoms. The number of nitrogens with zero attached hydrogens (tertiary/aromatic N) is 3. The molecule has 0 aliphatic carbocycles. The van der Waals surface area contributed by atoms with Gasteiger partial charge in [-0.25, -0.2) is 18.4 Å². The zero-order valence-corrected chi connectivity index (χ0v) is 11.7. The minimum atomic E-state index is -4.63. The monoisotopic (exact) mass is 320 g/mol. The minimum absolute atomic E-state index is 0.215. The van der Waals surface area contributed by atoms with E-state index >= 15 is 0 Å². The Morgan fingerprint density at radius 1 is 1.24 bits per heavy atom. The molecule has 6 nitrogen and oxygen atoms in total. The van der Waals surface area contributed by atoms with Crippen molar-refractivity contribution in [2.24, 2.45) is 0 Å². The summed E-state index contributed by atoms with van der Waals surface area (Å²) < 4.78 is 61.6. The van der Waals surface area contributed by atoms with Crippen LogP contribution in [0, 0.1) is 0 Å². The molecule has 0 spiro atoms. The number of aromatic amines is 1. The SMILES string of the molecule is CCc1nc(S(=O)(=O)Cc2cccc(C(F)(F)F)n2)n[nH]1. The van der Waals surface area contributed by atoms with E-state index in [0.717, 1.165) is 12.1 Å². The number of hydrogen-bond donors (Lipinski definition) is 1. The summed E-state index contributed by atoms with van der Waals surface area (Å²) in [5.41, 5.74) is -1.35. The van der Waals surface area contributed by atoms with Crippen LogP contribution >= 0.6 is 0 Å². The lowest BCUT2D eigenvalue weighted by Gasteiger charge is -2.07. The van der Waals surface area contributed by atoms with Crippen LogP contribution in [0.5, 0.6) is 0 Å². The largest absolute Gasteiger partial charge is 0.433 e. The fourth-order valence-electron chi connectivity index (χ4n) is 1.55. The molecule has 0 saturated heterocycles. The number of sulfone groups is 1. The average molecular weight is 320 g/mol. The molecule has 0 unspecified atom stereocenters. The van der Waals surface area contributed by atoms with Crippen molar-refractivity contribution in [3.05, 3.63) is 35.4 Å². The van der Waals surface area contributed by atoms with E-state index in [0.29, 0.717) is 12.2 Å². The van der Waals surface area contributed by atoms with Crippen molar-refractivity contribution >= 4 is 9.84 Å². The molecule has 2 rings (SSSR count). The van der Waals surface area contributed by atoms with E-state index in [9.17, 15) is 21.6 Å². The van der Waals surface area contributed by atoms with E-state index in [1.165, 1.54) is 6.07 Å². The van der Waals surface area contributed by atoms with Gasteiger partial charge in [0.05, 0.1) is 5.69 Å². The Bertz CT molecular complexity index is 740. The lowest BCUT2D eigenvalue weighted by molar-refractivity contribution is -0.141. The second-order valence-corrected chi connectivity index (χ2v) is 6.07. The number of nitrogens with one attached hydrogen (secondary N) is 1. The summed E-state index contributed by atoms with van der Waals surface area (Å²) in [6, 6.07) is 3.09. The highest BCUT2D eigenvalue weighted by atomic mass is 32.2. The fraction of sp³-hybridized carbons (Fsp3) is 0.364. The lowest BCUT2D eigenvalue weighted by atomic mass is 10.3. The summed E-state index contributed by atoms with van der Waals surface area (Å²) in [6.45, 7) is 1.76. The third-order valence-corrected chi connectivity index (χ3v) is 3.97. The number of aromatic nitrogens is 4. The molecule has 0 atom stereocenters. The van der Waals surface area contributed by atoms with Crippen LogP contribution in [-0.2, 0) is 28.2 Å². The van der Waals surface area contributed by atoms with E-state index in [-0.39, 0.29) is 5.69 Å². The van der Waals surface area contributed by atoms with Crippen molar-refractivity contribution in [3.63, 3.8) is 0 Å². The smallest absolute Gasteiger partial charge is 0.262 e. The highest BCUT2D eigenvalue weighted by molar-refractivity contribution is 7.90. The number of H-pyrrole nitrogens is 1. The van der Waals surface area contributed by atoms with Crippen LogP contribution in [0.3, 0.4) is 0 Å². The highest BCUT2D eigenvalue weighted by Gasteiger charge is 2.33. The molecule has 0 amide bonds. The fourth-order valence-corrected chi connectivity index (χ4v) is 2.67. The van der Waals surface area contributed by atoms with Crippen molar-refractivity contribution in [1.82, 2.24) is 20.2 Å². The molecule has 114 valence electrons. The predicted octanol–water partition coefficient (Wildman–Crippen LogP) is 1.75. The Kier molecular flexibility index (Phi) is 3.99. The van der Waals surface area contributed by atoms with Gasteiger partial charge in [0.15, 0.2) is 0 Å². The Balaban J connectivity index is 2.28. The Morgan fingerprint density at radius 3 is 2.52 bits per heavy atom. The van der Waals surface area contributed by atoms with Crippen LogP contribution in [0.25, 0.3) is 0 Å². The highest BCUT2D eigenvalue weighted by Crippen LogP contribution is 2.27. The molecule has 0 bridgehead atoms. The molecular weight excluding hydrogens is 309 g/mol. The van der Waals surface area contributed by atoms with Crippen LogP contribution in [-0.4, -0.2) is 28.6 Å². The predicted molar refractivity (Wildman–Crippen MR) is 65.9 cm³/mol. The van der Waals surface area contributed by atoms with Crippen molar-refractivity contribution < 1.29 is 21.6 Å². The number of alkyl halides is 3. The maximum Gasteiger partial charge on any atom is 0.433 e. The maximum atomic E-state index is 12.5. The summed E-state index contributed by atoms with van der Waals surface area (Å²) in [7, 11) is -3.95. The third kappa shape index (κ3) is 3.57. The summed E-state index contributed by atoms with van der Waals surface area (Å²) in [5.74, 6) is -0.316. The van der Waals surface area contributed by atoms with Gasteiger partial charge in [-0.15, -0.1) is 5.10 Å². The quantitative estimate of drug-likeness (QED) is 0.927. The summed E-state index contributed by atoms with van der Waals surface area (Å²) >= 11 is 0. The number of hydrogen-bond acceptors (Lipinski definition) is 5. The molecule has 10 heteroatoms.